The molecule has 3 rings (SSSR count). The lowest BCUT2D eigenvalue weighted by Crippen LogP contribution is -2.20. The number of anilines is 1. The number of halogens is 1. The zero-order valence-corrected chi connectivity index (χ0v) is 12.3. The maximum absolute atomic E-state index is 12.2. The highest BCUT2D eigenvalue weighted by Gasteiger charge is 2.14. The summed E-state index contributed by atoms with van der Waals surface area (Å²) >= 11 is 3.28. The minimum absolute atomic E-state index is 0.0441. The Morgan fingerprint density at radius 2 is 2.05 bits per heavy atom. The number of carbonyl (C=O) groups is 1. The molecular weight excluding hydrogens is 336 g/mol. The van der Waals surface area contributed by atoms with E-state index < -0.39 is 11.5 Å². The third-order valence-electron chi connectivity index (χ3n) is 2.91. The first-order chi connectivity index (χ1) is 10.1. The first kappa shape index (κ1) is 13.5. The van der Waals surface area contributed by atoms with E-state index in [1.54, 1.807) is 36.7 Å². The van der Waals surface area contributed by atoms with E-state index in [1.807, 2.05) is 6.07 Å². The molecule has 0 fully saturated rings. The zero-order chi connectivity index (χ0) is 14.8. The van der Waals surface area contributed by atoms with Crippen LogP contribution in [0.3, 0.4) is 0 Å². The van der Waals surface area contributed by atoms with Gasteiger partial charge >= 0.3 is 5.63 Å². The molecule has 1 aromatic carbocycles. The quantitative estimate of drug-likeness (QED) is 0.724. The molecule has 104 valence electrons. The number of rotatable bonds is 2. The molecule has 0 atom stereocenters. The second-order valence-corrected chi connectivity index (χ2v) is 5.15. The van der Waals surface area contributed by atoms with Crippen molar-refractivity contribution in [1.82, 2.24) is 4.98 Å². The summed E-state index contributed by atoms with van der Waals surface area (Å²) in [5, 5.41) is 3.34. The Hall–Kier alpha value is -2.47. The van der Waals surface area contributed by atoms with Crippen LogP contribution in [-0.4, -0.2) is 10.9 Å². The van der Waals surface area contributed by atoms with Gasteiger partial charge < -0.3 is 9.73 Å². The van der Waals surface area contributed by atoms with Crippen LogP contribution in [0.5, 0.6) is 0 Å². The van der Waals surface area contributed by atoms with Gasteiger partial charge in [0.05, 0.1) is 10.2 Å². The van der Waals surface area contributed by atoms with E-state index in [4.69, 9.17) is 4.42 Å². The Bertz CT molecular complexity index is 889. The van der Waals surface area contributed by atoms with Crippen LogP contribution in [0.15, 0.2) is 62.5 Å². The van der Waals surface area contributed by atoms with Crippen molar-refractivity contribution >= 4 is 38.5 Å². The third kappa shape index (κ3) is 2.71. The number of pyridine rings is 1. The minimum Gasteiger partial charge on any atom is -0.422 e. The van der Waals surface area contributed by atoms with E-state index in [0.717, 1.165) is 0 Å². The monoisotopic (exact) mass is 344 g/mol. The van der Waals surface area contributed by atoms with Gasteiger partial charge in [0.1, 0.15) is 11.1 Å². The molecule has 21 heavy (non-hydrogen) atoms. The van der Waals surface area contributed by atoms with E-state index in [0.29, 0.717) is 21.1 Å². The van der Waals surface area contributed by atoms with Crippen LogP contribution in [0.1, 0.15) is 10.4 Å². The van der Waals surface area contributed by atoms with Crippen LogP contribution in [0.2, 0.25) is 0 Å². The molecule has 1 N–H and O–H groups in total. The Morgan fingerprint density at radius 1 is 1.24 bits per heavy atom. The molecule has 5 nitrogen and oxygen atoms in total. The number of amides is 1. The normalized spacial score (nSPS) is 10.5. The standard InChI is InChI=1S/C15H9BrN2O3/c16-11-8-17-6-5-12(11)18-14(19)10-7-9-3-1-2-4-13(9)21-15(10)20/h1-8H,(H,17,18,19). The summed E-state index contributed by atoms with van der Waals surface area (Å²) in [5.74, 6) is -0.526. The number of nitrogens with one attached hydrogen (secondary N) is 1. The van der Waals surface area contributed by atoms with Gasteiger partial charge in [0.25, 0.3) is 5.91 Å². The summed E-state index contributed by atoms with van der Waals surface area (Å²) in [6.45, 7) is 0. The summed E-state index contributed by atoms with van der Waals surface area (Å²) in [6, 6.07) is 10.2. The number of nitrogens with zero attached hydrogens (tertiary/aromatic N) is 1. The van der Waals surface area contributed by atoms with Crippen LogP contribution in [0, 0.1) is 0 Å². The van der Waals surface area contributed by atoms with Gasteiger partial charge in [-0.05, 0) is 34.1 Å². The SMILES string of the molecule is O=C(Nc1ccncc1Br)c1cc2ccccc2oc1=O. The Kier molecular flexibility index (Phi) is 3.53. The molecule has 0 saturated carbocycles. The fourth-order valence-corrected chi connectivity index (χ4v) is 2.24. The van der Waals surface area contributed by atoms with Crippen LogP contribution >= 0.6 is 15.9 Å². The highest BCUT2D eigenvalue weighted by atomic mass is 79.9. The van der Waals surface area contributed by atoms with Gasteiger partial charge in [-0.25, -0.2) is 4.79 Å². The summed E-state index contributed by atoms with van der Waals surface area (Å²) < 4.78 is 5.77. The van der Waals surface area contributed by atoms with Crippen molar-refractivity contribution in [1.29, 1.82) is 0 Å². The topological polar surface area (TPSA) is 72.2 Å². The van der Waals surface area contributed by atoms with Crippen molar-refractivity contribution < 1.29 is 9.21 Å². The number of aromatic nitrogens is 1. The number of hydrogen-bond acceptors (Lipinski definition) is 4. The lowest BCUT2D eigenvalue weighted by molar-refractivity contribution is 0.102. The average molecular weight is 345 g/mol. The highest BCUT2D eigenvalue weighted by molar-refractivity contribution is 9.10. The van der Waals surface area contributed by atoms with E-state index in [-0.39, 0.29) is 5.56 Å². The van der Waals surface area contributed by atoms with Gasteiger partial charge in [0.2, 0.25) is 0 Å². The van der Waals surface area contributed by atoms with Crippen molar-refractivity contribution in [3.05, 3.63) is 69.2 Å². The molecule has 3 aromatic rings. The molecule has 0 spiro atoms. The smallest absolute Gasteiger partial charge is 0.349 e. The molecule has 0 saturated heterocycles. The Labute approximate surface area is 127 Å². The van der Waals surface area contributed by atoms with E-state index in [1.165, 1.54) is 6.07 Å². The summed E-state index contributed by atoms with van der Waals surface area (Å²) in [5.41, 5.74) is 0.264. The van der Waals surface area contributed by atoms with Crippen molar-refractivity contribution in [2.24, 2.45) is 0 Å². The molecule has 0 bridgehead atoms. The number of fused-ring (bicyclic) bond motifs is 1. The van der Waals surface area contributed by atoms with Crippen LogP contribution in [0.4, 0.5) is 5.69 Å². The third-order valence-corrected chi connectivity index (χ3v) is 3.54. The van der Waals surface area contributed by atoms with Gasteiger partial charge in [-0.2, -0.15) is 0 Å². The molecule has 0 aliphatic carbocycles. The second kappa shape index (κ2) is 5.49. The number of hydrogen-bond donors (Lipinski definition) is 1. The van der Waals surface area contributed by atoms with Crippen molar-refractivity contribution in [3.63, 3.8) is 0 Å². The Morgan fingerprint density at radius 3 is 2.86 bits per heavy atom. The molecule has 6 heteroatoms. The number of para-hydroxylation sites is 1. The molecule has 2 aromatic heterocycles. The summed E-state index contributed by atoms with van der Waals surface area (Å²) in [4.78, 5) is 28.0. The van der Waals surface area contributed by atoms with Crippen LogP contribution in [0.25, 0.3) is 11.0 Å². The van der Waals surface area contributed by atoms with E-state index >= 15 is 0 Å². The predicted octanol–water partition coefficient (Wildman–Crippen LogP) is 3.20. The van der Waals surface area contributed by atoms with Crippen molar-refractivity contribution in [3.8, 4) is 0 Å². The van der Waals surface area contributed by atoms with Crippen molar-refractivity contribution in [2.75, 3.05) is 5.32 Å². The molecule has 0 unspecified atom stereocenters. The van der Waals surface area contributed by atoms with Crippen LogP contribution in [-0.2, 0) is 0 Å². The van der Waals surface area contributed by atoms with E-state index in [9.17, 15) is 9.59 Å². The Balaban J connectivity index is 2.00. The molecule has 0 aliphatic rings. The van der Waals surface area contributed by atoms with Gasteiger partial charge in [-0.1, -0.05) is 18.2 Å². The maximum atomic E-state index is 12.2. The van der Waals surface area contributed by atoms with Crippen molar-refractivity contribution in [2.45, 2.75) is 0 Å². The van der Waals surface area contributed by atoms with Gasteiger partial charge in [0, 0.05) is 17.8 Å². The minimum atomic E-state index is -0.670. The first-order valence-electron chi connectivity index (χ1n) is 6.09. The fourth-order valence-electron chi connectivity index (χ4n) is 1.89. The fraction of sp³-hybridized carbons (Fsp3) is 0. The lowest BCUT2D eigenvalue weighted by Gasteiger charge is -2.06. The second-order valence-electron chi connectivity index (χ2n) is 4.30. The zero-order valence-electron chi connectivity index (χ0n) is 10.7. The lowest BCUT2D eigenvalue weighted by atomic mass is 10.2. The predicted molar refractivity (Wildman–Crippen MR) is 82.4 cm³/mol. The largest absolute Gasteiger partial charge is 0.422 e. The summed E-state index contributed by atoms with van der Waals surface area (Å²) in [7, 11) is 0. The van der Waals surface area contributed by atoms with Gasteiger partial charge in [-0.15, -0.1) is 0 Å². The molecule has 2 heterocycles. The number of benzene rings is 1. The average Bonchev–Trinajstić information content (AvgIpc) is 2.49. The van der Waals surface area contributed by atoms with Gasteiger partial charge in [0.15, 0.2) is 0 Å². The first-order valence-corrected chi connectivity index (χ1v) is 6.88. The molecular formula is C15H9BrN2O3. The van der Waals surface area contributed by atoms with Crippen LogP contribution < -0.4 is 10.9 Å². The van der Waals surface area contributed by atoms with Gasteiger partial charge in [-0.3, -0.25) is 9.78 Å². The number of carbonyl (C=O) groups excluding carboxylic acids is 1. The highest BCUT2D eigenvalue weighted by Crippen LogP contribution is 2.21. The molecule has 1 amide bonds. The molecule has 0 radical (unpaired) electrons. The maximum Gasteiger partial charge on any atom is 0.349 e. The molecule has 0 aliphatic heterocycles. The summed E-state index contributed by atoms with van der Waals surface area (Å²) in [6.07, 6.45) is 3.10. The van der Waals surface area contributed by atoms with E-state index in [2.05, 4.69) is 26.2 Å².